The Morgan fingerprint density at radius 3 is 2.66 bits per heavy atom. The zero-order valence-corrected chi connectivity index (χ0v) is 18.3. The summed E-state index contributed by atoms with van der Waals surface area (Å²) in [6.07, 6.45) is 7.67. The standard InChI is InChI=1S/C22H28N6S/c1-5-23-22(27-15-19-8-6-16(2)12-20(19)29-4)26-14-18-7-9-21(25-13-18)28-11-10-24-17(28)3/h6-13H,5,14-15H2,1-4H3,(H2,23,26,27). The summed E-state index contributed by atoms with van der Waals surface area (Å²) in [5.74, 6) is 2.58. The van der Waals surface area contributed by atoms with E-state index in [1.54, 1.807) is 18.0 Å². The number of nitrogens with one attached hydrogen (secondary N) is 2. The van der Waals surface area contributed by atoms with E-state index in [4.69, 9.17) is 4.99 Å². The normalized spacial score (nSPS) is 11.5. The van der Waals surface area contributed by atoms with Gasteiger partial charge >= 0.3 is 0 Å². The van der Waals surface area contributed by atoms with Crippen LogP contribution in [0.15, 0.2) is 58.8 Å². The van der Waals surface area contributed by atoms with Crippen molar-refractivity contribution in [1.29, 1.82) is 0 Å². The molecule has 0 aliphatic carbocycles. The van der Waals surface area contributed by atoms with E-state index in [0.29, 0.717) is 6.54 Å². The van der Waals surface area contributed by atoms with Crippen LogP contribution >= 0.6 is 11.8 Å². The predicted octanol–water partition coefficient (Wildman–Crippen LogP) is 3.86. The van der Waals surface area contributed by atoms with E-state index in [-0.39, 0.29) is 0 Å². The topological polar surface area (TPSA) is 67.1 Å². The van der Waals surface area contributed by atoms with Gasteiger partial charge in [-0.3, -0.25) is 4.57 Å². The number of aliphatic imine (C=N–C) groups is 1. The number of imidazole rings is 1. The van der Waals surface area contributed by atoms with E-state index in [1.807, 2.05) is 30.0 Å². The van der Waals surface area contributed by atoms with Gasteiger partial charge in [0.15, 0.2) is 5.96 Å². The number of guanidine groups is 1. The van der Waals surface area contributed by atoms with E-state index in [2.05, 4.69) is 65.0 Å². The van der Waals surface area contributed by atoms with Crippen LogP contribution in [0.2, 0.25) is 0 Å². The minimum atomic E-state index is 0.564. The van der Waals surface area contributed by atoms with Crippen LogP contribution in [0.25, 0.3) is 5.82 Å². The molecule has 0 bridgehead atoms. The second kappa shape index (κ2) is 10.1. The molecule has 1 aromatic carbocycles. The van der Waals surface area contributed by atoms with E-state index in [1.165, 1.54) is 16.0 Å². The Kier molecular flexibility index (Phi) is 7.30. The number of hydrogen-bond donors (Lipinski definition) is 2. The molecular formula is C22H28N6S. The summed E-state index contributed by atoms with van der Waals surface area (Å²) >= 11 is 1.77. The number of nitrogens with zero attached hydrogens (tertiary/aromatic N) is 4. The van der Waals surface area contributed by atoms with Crippen molar-refractivity contribution in [2.24, 2.45) is 4.99 Å². The second-order valence-electron chi connectivity index (χ2n) is 6.73. The zero-order valence-electron chi connectivity index (χ0n) is 17.4. The Bertz CT molecular complexity index is 962. The molecule has 152 valence electrons. The summed E-state index contributed by atoms with van der Waals surface area (Å²) in [5.41, 5.74) is 3.61. The van der Waals surface area contributed by atoms with E-state index < -0.39 is 0 Å². The molecule has 2 heterocycles. The highest BCUT2D eigenvalue weighted by atomic mass is 32.2. The van der Waals surface area contributed by atoms with Gasteiger partial charge in [0.05, 0.1) is 6.54 Å². The summed E-state index contributed by atoms with van der Waals surface area (Å²) < 4.78 is 1.96. The molecule has 0 saturated carbocycles. The van der Waals surface area contributed by atoms with Gasteiger partial charge in [0, 0.05) is 36.6 Å². The number of aryl methyl sites for hydroxylation is 2. The monoisotopic (exact) mass is 408 g/mol. The van der Waals surface area contributed by atoms with E-state index in [0.717, 1.165) is 36.3 Å². The molecule has 29 heavy (non-hydrogen) atoms. The number of benzene rings is 1. The molecule has 0 unspecified atom stereocenters. The summed E-state index contributed by atoms with van der Waals surface area (Å²) in [6, 6.07) is 10.6. The smallest absolute Gasteiger partial charge is 0.191 e. The van der Waals surface area contributed by atoms with E-state index >= 15 is 0 Å². The van der Waals surface area contributed by atoms with E-state index in [9.17, 15) is 0 Å². The van der Waals surface area contributed by atoms with Gasteiger partial charge in [-0.15, -0.1) is 11.8 Å². The minimum absolute atomic E-state index is 0.564. The lowest BCUT2D eigenvalue weighted by atomic mass is 10.1. The van der Waals surface area contributed by atoms with Gasteiger partial charge in [-0.2, -0.15) is 0 Å². The molecule has 0 spiro atoms. The van der Waals surface area contributed by atoms with Gasteiger partial charge in [0.2, 0.25) is 0 Å². The number of rotatable bonds is 7. The molecule has 0 amide bonds. The molecule has 0 radical (unpaired) electrons. The highest BCUT2D eigenvalue weighted by molar-refractivity contribution is 7.98. The van der Waals surface area contributed by atoms with Crippen LogP contribution < -0.4 is 10.6 Å². The highest BCUT2D eigenvalue weighted by Crippen LogP contribution is 2.21. The van der Waals surface area contributed by atoms with Crippen molar-refractivity contribution in [3.8, 4) is 5.82 Å². The van der Waals surface area contributed by atoms with Gasteiger partial charge < -0.3 is 10.6 Å². The van der Waals surface area contributed by atoms with Crippen molar-refractivity contribution >= 4 is 17.7 Å². The van der Waals surface area contributed by atoms with Crippen LogP contribution in [0.4, 0.5) is 0 Å². The lowest BCUT2D eigenvalue weighted by Crippen LogP contribution is -2.36. The summed E-state index contributed by atoms with van der Waals surface area (Å²) in [4.78, 5) is 14.8. The van der Waals surface area contributed by atoms with Crippen LogP contribution in [0.1, 0.15) is 29.4 Å². The van der Waals surface area contributed by atoms with Gasteiger partial charge in [-0.1, -0.05) is 18.2 Å². The van der Waals surface area contributed by atoms with Crippen LogP contribution in [0, 0.1) is 13.8 Å². The fraction of sp³-hybridized carbons (Fsp3) is 0.318. The quantitative estimate of drug-likeness (QED) is 0.353. The van der Waals surface area contributed by atoms with Crippen LogP contribution in [-0.4, -0.2) is 33.3 Å². The Morgan fingerprint density at radius 2 is 2.00 bits per heavy atom. The maximum atomic E-state index is 4.71. The van der Waals surface area contributed by atoms with Crippen molar-refractivity contribution in [1.82, 2.24) is 25.2 Å². The number of pyridine rings is 1. The second-order valence-corrected chi connectivity index (χ2v) is 7.58. The third-order valence-corrected chi connectivity index (χ3v) is 5.35. The van der Waals surface area contributed by atoms with Crippen molar-refractivity contribution < 1.29 is 0 Å². The fourth-order valence-electron chi connectivity index (χ4n) is 2.96. The molecule has 3 aromatic rings. The molecule has 2 aromatic heterocycles. The third kappa shape index (κ3) is 5.60. The molecule has 0 atom stereocenters. The largest absolute Gasteiger partial charge is 0.357 e. The lowest BCUT2D eigenvalue weighted by Gasteiger charge is -2.14. The molecule has 0 fully saturated rings. The van der Waals surface area contributed by atoms with Crippen molar-refractivity contribution in [3.63, 3.8) is 0 Å². The van der Waals surface area contributed by atoms with Gasteiger partial charge in [0.25, 0.3) is 0 Å². The first-order chi connectivity index (χ1) is 14.1. The van der Waals surface area contributed by atoms with Crippen molar-refractivity contribution in [2.45, 2.75) is 38.8 Å². The first-order valence-electron chi connectivity index (χ1n) is 9.71. The first-order valence-corrected chi connectivity index (χ1v) is 10.9. The lowest BCUT2D eigenvalue weighted by molar-refractivity contribution is 0.806. The van der Waals surface area contributed by atoms with Crippen LogP contribution in [-0.2, 0) is 13.1 Å². The Labute approximate surface area is 176 Å². The van der Waals surface area contributed by atoms with Crippen molar-refractivity contribution in [3.05, 3.63) is 71.4 Å². The first kappa shape index (κ1) is 20.9. The molecule has 0 aliphatic rings. The molecule has 6 nitrogen and oxygen atoms in total. The minimum Gasteiger partial charge on any atom is -0.357 e. The average molecular weight is 409 g/mol. The predicted molar refractivity (Wildman–Crippen MR) is 121 cm³/mol. The van der Waals surface area contributed by atoms with Crippen LogP contribution in [0.3, 0.4) is 0 Å². The average Bonchev–Trinajstić information content (AvgIpc) is 3.17. The maximum Gasteiger partial charge on any atom is 0.191 e. The highest BCUT2D eigenvalue weighted by Gasteiger charge is 2.05. The molecular weight excluding hydrogens is 380 g/mol. The molecule has 2 N–H and O–H groups in total. The summed E-state index contributed by atoms with van der Waals surface area (Å²) in [7, 11) is 0. The Balaban J connectivity index is 1.65. The zero-order chi connectivity index (χ0) is 20.6. The molecule has 0 saturated heterocycles. The molecule has 3 rings (SSSR count). The molecule has 0 aliphatic heterocycles. The summed E-state index contributed by atoms with van der Waals surface area (Å²) in [5, 5.41) is 6.75. The van der Waals surface area contributed by atoms with Gasteiger partial charge in [-0.25, -0.2) is 15.0 Å². The summed E-state index contributed by atoms with van der Waals surface area (Å²) in [6.45, 7) is 8.27. The molecule has 7 heteroatoms. The number of aromatic nitrogens is 3. The SMILES string of the molecule is CCNC(=NCc1ccc(-n2ccnc2C)nc1)NCc1ccc(C)cc1SC. The van der Waals surface area contributed by atoms with Gasteiger partial charge in [-0.05, 0) is 55.9 Å². The Hall–Kier alpha value is -2.80. The van der Waals surface area contributed by atoms with Crippen molar-refractivity contribution in [2.75, 3.05) is 12.8 Å². The van der Waals surface area contributed by atoms with Crippen LogP contribution in [0.5, 0.6) is 0 Å². The maximum absolute atomic E-state index is 4.71. The van der Waals surface area contributed by atoms with Gasteiger partial charge in [0.1, 0.15) is 11.6 Å². The number of hydrogen-bond acceptors (Lipinski definition) is 4. The number of thioether (sulfide) groups is 1. The Morgan fingerprint density at radius 1 is 1.14 bits per heavy atom. The fourth-order valence-corrected chi connectivity index (χ4v) is 3.67. The third-order valence-electron chi connectivity index (χ3n) is 4.53.